The zero-order valence-electron chi connectivity index (χ0n) is 8.42. The average Bonchev–Trinajstić information content (AvgIpc) is 2.45. The summed E-state index contributed by atoms with van der Waals surface area (Å²) >= 11 is 0. The molecule has 0 aliphatic carbocycles. The summed E-state index contributed by atoms with van der Waals surface area (Å²) in [5, 5.41) is 0. The first-order chi connectivity index (χ1) is 6.92. The molecule has 1 saturated heterocycles. The van der Waals surface area contributed by atoms with Gasteiger partial charge >= 0.3 is 0 Å². The molecule has 0 spiro atoms. The maximum Gasteiger partial charge on any atom is 0.264 e. The van der Waals surface area contributed by atoms with Crippen LogP contribution in [0.15, 0.2) is 0 Å². The van der Waals surface area contributed by atoms with E-state index >= 15 is 0 Å². The SMILES string of the molecule is NCC1CC(=O)N(CCCS(=O)(=O)O)C1. The number of carbonyl (C=O) groups excluding carboxylic acids is 1. The molecule has 0 bridgehead atoms. The van der Waals surface area contributed by atoms with E-state index in [0.717, 1.165) is 0 Å². The quantitative estimate of drug-likeness (QED) is 0.601. The average molecular weight is 236 g/mol. The van der Waals surface area contributed by atoms with Crippen LogP contribution in [0.5, 0.6) is 0 Å². The molecule has 1 aliphatic rings. The summed E-state index contributed by atoms with van der Waals surface area (Å²) < 4.78 is 29.4. The Morgan fingerprint density at radius 1 is 1.53 bits per heavy atom. The third-order valence-electron chi connectivity index (χ3n) is 2.46. The van der Waals surface area contributed by atoms with Crippen molar-refractivity contribution in [1.29, 1.82) is 0 Å². The third-order valence-corrected chi connectivity index (χ3v) is 3.26. The van der Waals surface area contributed by atoms with Gasteiger partial charge < -0.3 is 10.6 Å². The van der Waals surface area contributed by atoms with Crippen molar-refractivity contribution in [3.8, 4) is 0 Å². The minimum absolute atomic E-state index is 0.0146. The lowest BCUT2D eigenvalue weighted by Crippen LogP contribution is -2.28. The molecule has 0 aromatic heterocycles. The fourth-order valence-electron chi connectivity index (χ4n) is 1.67. The summed E-state index contributed by atoms with van der Waals surface area (Å²) in [6, 6.07) is 0. The van der Waals surface area contributed by atoms with Crippen molar-refractivity contribution in [3.63, 3.8) is 0 Å². The lowest BCUT2D eigenvalue weighted by atomic mass is 10.1. The summed E-state index contributed by atoms with van der Waals surface area (Å²) in [6.07, 6.45) is 0.713. The van der Waals surface area contributed by atoms with Gasteiger partial charge in [0.1, 0.15) is 0 Å². The molecule has 15 heavy (non-hydrogen) atoms. The standard InChI is InChI=1S/C8H16N2O4S/c9-5-7-4-8(11)10(6-7)2-1-3-15(12,13)14/h7H,1-6,9H2,(H,12,13,14). The van der Waals surface area contributed by atoms with Gasteiger partial charge in [0, 0.05) is 19.5 Å². The summed E-state index contributed by atoms with van der Waals surface area (Å²) in [7, 11) is -3.92. The van der Waals surface area contributed by atoms with Crippen LogP contribution in [0.4, 0.5) is 0 Å². The minimum Gasteiger partial charge on any atom is -0.342 e. The Balaban J connectivity index is 2.31. The normalized spacial score (nSPS) is 22.4. The Labute approximate surface area is 89.2 Å². The van der Waals surface area contributed by atoms with Crippen molar-refractivity contribution in [2.45, 2.75) is 12.8 Å². The third kappa shape index (κ3) is 4.15. The van der Waals surface area contributed by atoms with Crippen LogP contribution in [0, 0.1) is 5.92 Å². The van der Waals surface area contributed by atoms with Crippen LogP contribution in [0.25, 0.3) is 0 Å². The first kappa shape index (κ1) is 12.4. The largest absolute Gasteiger partial charge is 0.342 e. The number of hydrogen-bond acceptors (Lipinski definition) is 4. The first-order valence-corrected chi connectivity index (χ1v) is 6.46. The summed E-state index contributed by atoms with van der Waals surface area (Å²) in [4.78, 5) is 13.0. The fourth-order valence-corrected chi connectivity index (χ4v) is 2.16. The Morgan fingerprint density at radius 2 is 2.20 bits per heavy atom. The molecule has 1 rings (SSSR count). The van der Waals surface area contributed by atoms with Crippen molar-refractivity contribution < 1.29 is 17.8 Å². The van der Waals surface area contributed by atoms with E-state index in [-0.39, 0.29) is 24.0 Å². The van der Waals surface area contributed by atoms with Gasteiger partial charge in [0.2, 0.25) is 5.91 Å². The number of rotatable bonds is 5. The highest BCUT2D eigenvalue weighted by Gasteiger charge is 2.28. The monoisotopic (exact) mass is 236 g/mol. The van der Waals surface area contributed by atoms with Gasteiger partial charge in [0.05, 0.1) is 5.75 Å². The predicted octanol–water partition coefficient (Wildman–Crippen LogP) is -0.928. The highest BCUT2D eigenvalue weighted by Crippen LogP contribution is 2.16. The molecule has 1 heterocycles. The number of nitrogens with two attached hydrogens (primary N) is 1. The zero-order valence-corrected chi connectivity index (χ0v) is 9.24. The topological polar surface area (TPSA) is 101 Å². The summed E-state index contributed by atoms with van der Waals surface area (Å²) in [5.41, 5.74) is 5.44. The number of nitrogens with zero attached hydrogens (tertiary/aromatic N) is 1. The Bertz CT molecular complexity index is 328. The van der Waals surface area contributed by atoms with Crippen LogP contribution in [-0.4, -0.2) is 49.2 Å². The molecule has 1 unspecified atom stereocenters. The zero-order chi connectivity index (χ0) is 11.5. The Kier molecular flexibility index (Phi) is 4.06. The van der Waals surface area contributed by atoms with Gasteiger partial charge in [-0.2, -0.15) is 8.42 Å². The fraction of sp³-hybridized carbons (Fsp3) is 0.875. The Morgan fingerprint density at radius 3 is 2.67 bits per heavy atom. The molecular weight excluding hydrogens is 220 g/mol. The van der Waals surface area contributed by atoms with Gasteiger partial charge in [-0.1, -0.05) is 0 Å². The van der Waals surface area contributed by atoms with E-state index in [9.17, 15) is 13.2 Å². The van der Waals surface area contributed by atoms with Crippen LogP contribution < -0.4 is 5.73 Å². The molecule has 0 radical (unpaired) electrons. The van der Waals surface area contributed by atoms with Gasteiger partial charge in [-0.15, -0.1) is 0 Å². The molecule has 3 N–H and O–H groups in total. The first-order valence-electron chi connectivity index (χ1n) is 4.85. The minimum atomic E-state index is -3.92. The number of likely N-dealkylation sites (tertiary alicyclic amines) is 1. The van der Waals surface area contributed by atoms with Gasteiger partial charge in [0.15, 0.2) is 0 Å². The van der Waals surface area contributed by atoms with E-state index < -0.39 is 10.1 Å². The molecule has 0 aromatic rings. The molecule has 1 atom stereocenters. The van der Waals surface area contributed by atoms with E-state index in [1.807, 2.05) is 0 Å². The van der Waals surface area contributed by atoms with Crippen LogP contribution in [-0.2, 0) is 14.9 Å². The van der Waals surface area contributed by atoms with E-state index in [1.165, 1.54) is 0 Å². The lowest BCUT2D eigenvalue weighted by Gasteiger charge is -2.15. The van der Waals surface area contributed by atoms with Crippen LogP contribution in [0.1, 0.15) is 12.8 Å². The van der Waals surface area contributed by atoms with Crippen molar-refractivity contribution in [1.82, 2.24) is 4.90 Å². The lowest BCUT2D eigenvalue weighted by molar-refractivity contribution is -0.127. The molecular formula is C8H16N2O4S. The molecule has 1 fully saturated rings. The van der Waals surface area contributed by atoms with Gasteiger partial charge in [0.25, 0.3) is 10.1 Å². The summed E-state index contributed by atoms with van der Waals surface area (Å²) in [5.74, 6) is -0.103. The maximum absolute atomic E-state index is 11.4. The second kappa shape index (κ2) is 4.91. The molecule has 0 saturated carbocycles. The van der Waals surface area contributed by atoms with Crippen LogP contribution in [0.3, 0.4) is 0 Å². The molecule has 7 heteroatoms. The Hall–Kier alpha value is -0.660. The van der Waals surface area contributed by atoms with E-state index in [4.69, 9.17) is 10.3 Å². The molecule has 0 aromatic carbocycles. The number of carbonyl (C=O) groups is 1. The molecule has 88 valence electrons. The second-order valence-corrected chi connectivity index (χ2v) is 5.36. The van der Waals surface area contributed by atoms with Crippen molar-refractivity contribution in [3.05, 3.63) is 0 Å². The molecule has 1 amide bonds. The van der Waals surface area contributed by atoms with E-state index in [1.54, 1.807) is 4.90 Å². The number of amides is 1. The predicted molar refractivity (Wildman–Crippen MR) is 54.8 cm³/mol. The summed E-state index contributed by atoms with van der Waals surface area (Å²) in [6.45, 7) is 1.44. The molecule has 6 nitrogen and oxygen atoms in total. The highest BCUT2D eigenvalue weighted by molar-refractivity contribution is 7.85. The van der Waals surface area contributed by atoms with E-state index in [2.05, 4.69) is 0 Å². The van der Waals surface area contributed by atoms with Gasteiger partial charge in [-0.05, 0) is 18.9 Å². The highest BCUT2D eigenvalue weighted by atomic mass is 32.2. The van der Waals surface area contributed by atoms with E-state index in [0.29, 0.717) is 26.1 Å². The van der Waals surface area contributed by atoms with Crippen molar-refractivity contribution in [2.75, 3.05) is 25.4 Å². The van der Waals surface area contributed by atoms with Crippen molar-refractivity contribution in [2.24, 2.45) is 11.7 Å². The van der Waals surface area contributed by atoms with Gasteiger partial charge in [-0.25, -0.2) is 0 Å². The second-order valence-electron chi connectivity index (χ2n) is 3.79. The van der Waals surface area contributed by atoms with Crippen LogP contribution >= 0.6 is 0 Å². The maximum atomic E-state index is 11.4. The smallest absolute Gasteiger partial charge is 0.264 e. The molecule has 1 aliphatic heterocycles. The number of hydrogen-bond donors (Lipinski definition) is 2. The van der Waals surface area contributed by atoms with Crippen LogP contribution in [0.2, 0.25) is 0 Å². The van der Waals surface area contributed by atoms with Gasteiger partial charge in [-0.3, -0.25) is 9.35 Å². The van der Waals surface area contributed by atoms with Crippen molar-refractivity contribution >= 4 is 16.0 Å².